The fourth-order valence-electron chi connectivity index (χ4n) is 5.91. The van der Waals surface area contributed by atoms with Gasteiger partial charge in [0, 0.05) is 34.7 Å². The molecule has 1 aromatic heterocycles. The highest BCUT2D eigenvalue weighted by Gasteiger charge is 2.46. The first kappa shape index (κ1) is 25.7. The van der Waals surface area contributed by atoms with Crippen molar-refractivity contribution >= 4 is 33.8 Å². The number of carbonyl (C=O) groups excluding carboxylic acids is 2. The number of nitro benzene ring substituents is 1. The van der Waals surface area contributed by atoms with E-state index in [4.69, 9.17) is 10.5 Å². The van der Waals surface area contributed by atoms with Gasteiger partial charge in [0.2, 0.25) is 0 Å². The lowest BCUT2D eigenvalue weighted by Gasteiger charge is -2.43. The quantitative estimate of drug-likeness (QED) is 0.319. The largest absolute Gasteiger partial charge is 0.465 e. The van der Waals surface area contributed by atoms with E-state index < -0.39 is 22.2 Å². The van der Waals surface area contributed by atoms with Crippen LogP contribution in [-0.4, -0.2) is 23.8 Å². The Morgan fingerprint density at radius 1 is 1.29 bits per heavy atom. The number of non-ortho nitro benzene ring substituents is 1. The first-order valence-electron chi connectivity index (χ1n) is 12.5. The molecular formula is C28H28N4O5S. The predicted octanol–water partition coefficient (Wildman–Crippen LogP) is 5.26. The van der Waals surface area contributed by atoms with Crippen molar-refractivity contribution in [2.45, 2.75) is 58.3 Å². The lowest BCUT2D eigenvalue weighted by Crippen LogP contribution is -2.42. The van der Waals surface area contributed by atoms with E-state index in [9.17, 15) is 25.0 Å². The molecule has 1 aromatic carbocycles. The Kier molecular flexibility index (Phi) is 6.35. The number of esters is 1. The average Bonchev–Trinajstić information content (AvgIpc) is 3.25. The Morgan fingerprint density at radius 2 is 2.03 bits per heavy atom. The fraction of sp³-hybridized carbons (Fsp3) is 0.393. The van der Waals surface area contributed by atoms with Gasteiger partial charge in [-0.3, -0.25) is 19.8 Å². The molecular weight excluding hydrogens is 504 g/mol. The number of carbonyl (C=O) groups is 2. The molecule has 1 aliphatic heterocycles. The number of hydrogen-bond donors (Lipinski definition) is 1. The minimum Gasteiger partial charge on any atom is -0.465 e. The topological polar surface area (TPSA) is 140 Å². The summed E-state index contributed by atoms with van der Waals surface area (Å²) in [4.78, 5) is 40.7. The van der Waals surface area contributed by atoms with Crippen LogP contribution < -0.4 is 10.6 Å². The van der Waals surface area contributed by atoms with Crippen LogP contribution in [0, 0.1) is 26.9 Å². The Hall–Kier alpha value is -3.97. The van der Waals surface area contributed by atoms with Crippen molar-refractivity contribution in [2.24, 2.45) is 11.1 Å². The number of fused-ring (bicyclic) bond motifs is 1. The number of anilines is 1. The number of nitriles is 1. The molecule has 2 heterocycles. The molecule has 0 unspecified atom stereocenters. The number of benzene rings is 1. The molecule has 0 bridgehead atoms. The SMILES string of the molecule is COC(=O)c1c(N2C(N)=C(C#N)[C@@H](c3cccc([N+](=O)[O-])c3)C3=C2CC(C)(C)CC3=O)sc2c1CCCC2. The molecule has 0 amide bonds. The van der Waals surface area contributed by atoms with Gasteiger partial charge in [-0.25, -0.2) is 4.79 Å². The fourth-order valence-corrected chi connectivity index (χ4v) is 7.33. The second-order valence-electron chi connectivity index (χ2n) is 10.7. The summed E-state index contributed by atoms with van der Waals surface area (Å²) in [6.07, 6.45) is 4.27. The zero-order chi connectivity index (χ0) is 27.4. The summed E-state index contributed by atoms with van der Waals surface area (Å²) in [5.41, 5.74) is 9.22. The van der Waals surface area contributed by atoms with Gasteiger partial charge in [0.15, 0.2) is 5.78 Å². The molecule has 2 aromatic rings. The van der Waals surface area contributed by atoms with Crippen molar-refractivity contribution in [2.75, 3.05) is 12.0 Å². The number of nitro groups is 1. The number of aryl methyl sites for hydroxylation is 1. The van der Waals surface area contributed by atoms with E-state index in [1.165, 1.54) is 30.6 Å². The average molecular weight is 533 g/mol. The maximum absolute atomic E-state index is 13.8. The number of Topliss-reactive ketones (excluding diaryl/α,β-unsaturated/α-hetero) is 1. The van der Waals surface area contributed by atoms with Crippen molar-refractivity contribution in [3.63, 3.8) is 0 Å². The summed E-state index contributed by atoms with van der Waals surface area (Å²) < 4.78 is 5.18. The summed E-state index contributed by atoms with van der Waals surface area (Å²) >= 11 is 1.46. The molecule has 2 N–H and O–H groups in total. The smallest absolute Gasteiger partial charge is 0.341 e. The van der Waals surface area contributed by atoms with Crippen LogP contribution in [-0.2, 0) is 22.4 Å². The van der Waals surface area contributed by atoms with E-state index in [-0.39, 0.29) is 29.3 Å². The molecule has 0 saturated heterocycles. The van der Waals surface area contributed by atoms with Gasteiger partial charge in [-0.05, 0) is 48.6 Å². The highest BCUT2D eigenvalue weighted by Crippen LogP contribution is 2.53. The highest BCUT2D eigenvalue weighted by atomic mass is 32.1. The standard InChI is InChI=1S/C28H28N4O5S/c1-28(2)12-19-24(20(33)13-28)22(15-7-6-8-16(11-15)32(35)36)18(14-29)25(30)31(19)26-23(27(34)37-3)17-9-4-5-10-21(17)38-26/h6-8,11,22H,4-5,9-10,12-13,30H2,1-3H3/t22-/m1/s1. The number of rotatable bonds is 4. The number of nitrogens with two attached hydrogens (primary N) is 1. The molecule has 3 aliphatic rings. The third-order valence-electron chi connectivity index (χ3n) is 7.54. The van der Waals surface area contributed by atoms with Gasteiger partial charge >= 0.3 is 5.97 Å². The second-order valence-corrected chi connectivity index (χ2v) is 11.8. The van der Waals surface area contributed by atoms with E-state index >= 15 is 0 Å². The summed E-state index contributed by atoms with van der Waals surface area (Å²) in [5, 5.41) is 22.4. The normalized spacial score (nSPS) is 20.5. The zero-order valence-corrected chi connectivity index (χ0v) is 22.3. The molecule has 2 aliphatic carbocycles. The monoisotopic (exact) mass is 532 g/mol. The lowest BCUT2D eigenvalue weighted by molar-refractivity contribution is -0.384. The number of hydrogen-bond acceptors (Lipinski definition) is 9. The van der Waals surface area contributed by atoms with Crippen LogP contribution >= 0.6 is 11.3 Å². The van der Waals surface area contributed by atoms with Crippen LogP contribution in [0.4, 0.5) is 10.7 Å². The summed E-state index contributed by atoms with van der Waals surface area (Å²) in [5.74, 6) is -1.34. The maximum Gasteiger partial charge on any atom is 0.341 e. The molecule has 196 valence electrons. The number of thiophene rings is 1. The van der Waals surface area contributed by atoms with E-state index in [1.807, 2.05) is 13.8 Å². The van der Waals surface area contributed by atoms with E-state index in [1.54, 1.807) is 17.0 Å². The van der Waals surface area contributed by atoms with Crippen LogP contribution in [0.5, 0.6) is 0 Å². The third-order valence-corrected chi connectivity index (χ3v) is 8.82. The minimum atomic E-state index is -0.842. The molecule has 5 rings (SSSR count). The van der Waals surface area contributed by atoms with Crippen molar-refractivity contribution in [1.82, 2.24) is 0 Å². The van der Waals surface area contributed by atoms with Crippen molar-refractivity contribution in [1.29, 1.82) is 5.26 Å². The highest BCUT2D eigenvalue weighted by molar-refractivity contribution is 7.16. The van der Waals surface area contributed by atoms with Gasteiger partial charge < -0.3 is 10.5 Å². The Labute approximate surface area is 224 Å². The van der Waals surface area contributed by atoms with Crippen LogP contribution in [0.2, 0.25) is 0 Å². The second kappa shape index (κ2) is 9.40. The van der Waals surface area contributed by atoms with Gasteiger partial charge in [-0.1, -0.05) is 26.0 Å². The molecule has 10 heteroatoms. The number of methoxy groups -OCH3 is 1. The first-order valence-corrected chi connectivity index (χ1v) is 13.3. The summed E-state index contributed by atoms with van der Waals surface area (Å²) in [6, 6.07) is 8.19. The molecule has 38 heavy (non-hydrogen) atoms. The number of allylic oxidation sites excluding steroid dienone is 3. The number of ether oxygens (including phenoxy) is 1. The minimum absolute atomic E-state index is 0.122. The maximum atomic E-state index is 13.8. The van der Waals surface area contributed by atoms with Crippen molar-refractivity contribution < 1.29 is 19.2 Å². The van der Waals surface area contributed by atoms with E-state index in [2.05, 4.69) is 6.07 Å². The van der Waals surface area contributed by atoms with Crippen LogP contribution in [0.3, 0.4) is 0 Å². The lowest BCUT2D eigenvalue weighted by atomic mass is 9.68. The first-order chi connectivity index (χ1) is 18.1. The Morgan fingerprint density at radius 3 is 2.71 bits per heavy atom. The van der Waals surface area contributed by atoms with Crippen LogP contribution in [0.15, 0.2) is 46.9 Å². The van der Waals surface area contributed by atoms with Gasteiger partial charge in [-0.2, -0.15) is 5.26 Å². The summed E-state index contributed by atoms with van der Waals surface area (Å²) in [6.45, 7) is 3.99. The van der Waals surface area contributed by atoms with Gasteiger partial charge in [0.1, 0.15) is 10.8 Å². The van der Waals surface area contributed by atoms with E-state index in [0.29, 0.717) is 33.8 Å². The zero-order valence-electron chi connectivity index (χ0n) is 21.5. The molecule has 1 atom stereocenters. The van der Waals surface area contributed by atoms with Crippen LogP contribution in [0.1, 0.15) is 71.8 Å². The molecule has 9 nitrogen and oxygen atoms in total. The molecule has 0 saturated carbocycles. The predicted molar refractivity (Wildman–Crippen MR) is 142 cm³/mol. The molecule has 0 fully saturated rings. The Bertz CT molecular complexity index is 1490. The number of ketones is 1. The summed E-state index contributed by atoms with van der Waals surface area (Å²) in [7, 11) is 1.34. The van der Waals surface area contributed by atoms with E-state index in [0.717, 1.165) is 36.1 Å². The molecule has 0 spiro atoms. The van der Waals surface area contributed by atoms with Crippen molar-refractivity contribution in [3.8, 4) is 6.07 Å². The number of nitrogens with zero attached hydrogens (tertiary/aromatic N) is 3. The third kappa shape index (κ3) is 4.07. The van der Waals surface area contributed by atoms with Crippen LogP contribution in [0.25, 0.3) is 0 Å². The van der Waals surface area contributed by atoms with Gasteiger partial charge in [-0.15, -0.1) is 11.3 Å². The van der Waals surface area contributed by atoms with Gasteiger partial charge in [0.05, 0.1) is 35.2 Å². The van der Waals surface area contributed by atoms with Gasteiger partial charge in [0.25, 0.3) is 5.69 Å². The van der Waals surface area contributed by atoms with Crippen molar-refractivity contribution in [3.05, 3.63) is 78.6 Å². The Balaban J connectivity index is 1.80. The molecule has 0 radical (unpaired) electrons.